The van der Waals surface area contributed by atoms with Crippen molar-refractivity contribution in [1.29, 1.82) is 0 Å². The fraction of sp³-hybridized carbons (Fsp3) is 0.757. The smallest absolute Gasteiger partial charge is 0.347 e. The number of methoxy groups -OCH3 is 1. The average Bonchev–Trinajstić information content (AvgIpc) is 3.82. The largest absolute Gasteiger partial charge is 0.467 e. The molecule has 0 aromatic rings. The van der Waals surface area contributed by atoms with Gasteiger partial charge in [-0.3, -0.25) is 4.79 Å². The summed E-state index contributed by atoms with van der Waals surface area (Å²) in [6, 6.07) is 0. The van der Waals surface area contributed by atoms with E-state index in [-0.39, 0.29) is 31.1 Å². The summed E-state index contributed by atoms with van der Waals surface area (Å²) in [5.74, 6) is -4.90. The lowest BCUT2D eigenvalue weighted by atomic mass is 9.81. The maximum absolute atomic E-state index is 13.3. The molecule has 8 atom stereocenters. The van der Waals surface area contributed by atoms with E-state index >= 15 is 0 Å². The quantitative estimate of drug-likeness (QED) is 0.0505. The number of epoxide rings is 2. The van der Waals surface area contributed by atoms with Gasteiger partial charge in [0.05, 0.1) is 18.6 Å². The van der Waals surface area contributed by atoms with Crippen molar-refractivity contribution >= 4 is 17.9 Å². The maximum atomic E-state index is 13.3. The molecule has 8 unspecified atom stereocenters. The summed E-state index contributed by atoms with van der Waals surface area (Å²) in [4.78, 5) is 39.6. The van der Waals surface area contributed by atoms with E-state index in [1.165, 1.54) is 71.3 Å². The highest BCUT2D eigenvalue weighted by Crippen LogP contribution is 2.75. The molecule has 256 valence electrons. The van der Waals surface area contributed by atoms with Crippen molar-refractivity contribution in [3.63, 3.8) is 0 Å². The molecule has 9 heteroatoms. The third-order valence-corrected chi connectivity index (χ3v) is 10.6. The van der Waals surface area contributed by atoms with Crippen LogP contribution in [0, 0.1) is 11.8 Å². The second kappa shape index (κ2) is 14.3. The zero-order valence-corrected chi connectivity index (χ0v) is 28.4. The zero-order chi connectivity index (χ0) is 33.1. The van der Waals surface area contributed by atoms with Crippen LogP contribution in [0.25, 0.3) is 0 Å². The van der Waals surface area contributed by atoms with Gasteiger partial charge in [0.2, 0.25) is 11.6 Å². The third-order valence-electron chi connectivity index (χ3n) is 10.6. The van der Waals surface area contributed by atoms with Gasteiger partial charge in [0, 0.05) is 12.8 Å². The summed E-state index contributed by atoms with van der Waals surface area (Å²) in [7, 11) is 1.31. The number of fused-ring (bicyclic) bond motifs is 2. The molecule has 5 aliphatic heterocycles. The molecule has 0 aliphatic carbocycles. The molecule has 0 amide bonds. The topological polar surface area (TPSA) is 113 Å². The molecule has 3 saturated heterocycles. The predicted octanol–water partition coefficient (Wildman–Crippen LogP) is 7.17. The van der Waals surface area contributed by atoms with Crippen LogP contribution in [0.4, 0.5) is 0 Å². The van der Waals surface area contributed by atoms with E-state index in [1.807, 2.05) is 13.8 Å². The number of ether oxygens (including phenoxy) is 6. The van der Waals surface area contributed by atoms with Crippen LogP contribution in [0.1, 0.15) is 124 Å². The minimum absolute atomic E-state index is 0.266. The van der Waals surface area contributed by atoms with Gasteiger partial charge in [0.25, 0.3) is 5.60 Å². The monoisotopic (exact) mass is 642 g/mol. The molecule has 4 bridgehead atoms. The summed E-state index contributed by atoms with van der Waals surface area (Å²) >= 11 is 0. The van der Waals surface area contributed by atoms with Crippen molar-refractivity contribution in [3.8, 4) is 0 Å². The van der Waals surface area contributed by atoms with Crippen LogP contribution in [-0.2, 0) is 42.8 Å². The first kappa shape index (κ1) is 34.8. The van der Waals surface area contributed by atoms with Crippen molar-refractivity contribution in [2.75, 3.05) is 7.11 Å². The third kappa shape index (κ3) is 6.61. The van der Waals surface area contributed by atoms with E-state index in [2.05, 4.69) is 20.1 Å². The number of unbranched alkanes of at least 4 members (excludes halogenated alkanes) is 12. The molecule has 0 saturated carbocycles. The molecule has 0 aromatic heterocycles. The highest BCUT2D eigenvalue weighted by atomic mass is 17.0. The van der Waals surface area contributed by atoms with Crippen LogP contribution in [-0.4, -0.2) is 60.5 Å². The summed E-state index contributed by atoms with van der Waals surface area (Å²) in [6.07, 6.45) is 16.1. The van der Waals surface area contributed by atoms with Gasteiger partial charge in [-0.25, -0.2) is 9.59 Å². The molecular formula is C37H54O9. The lowest BCUT2D eigenvalue weighted by Gasteiger charge is -2.30. The van der Waals surface area contributed by atoms with Gasteiger partial charge in [-0.1, -0.05) is 108 Å². The lowest BCUT2D eigenvalue weighted by Crippen LogP contribution is -2.40. The number of hydrogen-bond donors (Lipinski definition) is 0. The molecule has 0 aromatic carbocycles. The molecule has 2 spiro atoms. The summed E-state index contributed by atoms with van der Waals surface area (Å²) in [5.41, 5.74) is 0.333. The van der Waals surface area contributed by atoms with E-state index in [1.54, 1.807) is 6.08 Å². The molecule has 9 nitrogen and oxygen atoms in total. The van der Waals surface area contributed by atoms with Gasteiger partial charge in [0.15, 0.2) is 6.10 Å². The first-order valence-electron chi connectivity index (χ1n) is 17.6. The second-order valence-electron chi connectivity index (χ2n) is 14.2. The first-order valence-corrected chi connectivity index (χ1v) is 17.6. The van der Waals surface area contributed by atoms with Crippen LogP contribution >= 0.6 is 0 Å². The number of hydrogen-bond acceptors (Lipinski definition) is 9. The van der Waals surface area contributed by atoms with E-state index in [4.69, 9.17) is 28.4 Å². The summed E-state index contributed by atoms with van der Waals surface area (Å²) < 4.78 is 35.8. The maximum Gasteiger partial charge on any atom is 0.347 e. The van der Waals surface area contributed by atoms with Crippen LogP contribution in [0.2, 0.25) is 0 Å². The lowest BCUT2D eigenvalue weighted by molar-refractivity contribution is -0.186. The molecule has 0 N–H and O–H groups in total. The Hall–Kier alpha value is -2.49. The van der Waals surface area contributed by atoms with E-state index in [9.17, 15) is 14.4 Å². The average molecular weight is 643 g/mol. The highest BCUT2D eigenvalue weighted by molar-refractivity contribution is 5.93. The molecule has 5 rings (SSSR count). The van der Waals surface area contributed by atoms with Crippen molar-refractivity contribution in [3.05, 3.63) is 36.0 Å². The summed E-state index contributed by atoms with van der Waals surface area (Å²) in [5, 5.41) is 0. The number of carbonyl (C=O) groups is 3. The van der Waals surface area contributed by atoms with Gasteiger partial charge in [-0.15, -0.1) is 0 Å². The highest BCUT2D eigenvalue weighted by Gasteiger charge is 2.99. The molecule has 0 radical (unpaired) electrons. The Morgan fingerprint density at radius 2 is 1.52 bits per heavy atom. The van der Waals surface area contributed by atoms with Gasteiger partial charge >= 0.3 is 17.9 Å². The Morgan fingerprint density at radius 3 is 2.09 bits per heavy atom. The molecule has 46 heavy (non-hydrogen) atoms. The molecule has 5 heterocycles. The molecule has 3 fully saturated rings. The van der Waals surface area contributed by atoms with Crippen molar-refractivity contribution in [1.82, 2.24) is 0 Å². The Labute approximate surface area is 274 Å². The Kier molecular flexibility index (Phi) is 10.8. The minimum Gasteiger partial charge on any atom is -0.467 e. The Balaban J connectivity index is 1.19. The van der Waals surface area contributed by atoms with Crippen LogP contribution in [0.5, 0.6) is 0 Å². The van der Waals surface area contributed by atoms with Crippen LogP contribution < -0.4 is 0 Å². The fourth-order valence-electron chi connectivity index (χ4n) is 7.94. The minimum atomic E-state index is -1.43. The zero-order valence-electron chi connectivity index (χ0n) is 28.4. The van der Waals surface area contributed by atoms with E-state index in [0.29, 0.717) is 11.1 Å². The van der Waals surface area contributed by atoms with E-state index in [0.717, 1.165) is 24.8 Å². The SMILES string of the molecule is C=C(C)C1CC(OC(=O)CCCCCCCCCCCCCCC)C2=CC(OC2=O)C(C(=C)C)C23OC2C2(C(=O)OC)OC2(C1)O3. The standard InChI is InChI=1S/C37H54O9/c1-7-8-9-10-11-12-13-14-15-16-17-18-19-20-30(38)42-28-21-26(24(2)3)23-35-36(45-35,34(40)41-6)33-37(44-33,46-35)31(25(4)5)29-22-27(28)32(39)43-29/h22,26,28-29,31,33H,2,4,7-21,23H2,1,3,5-6H3. The van der Waals surface area contributed by atoms with Gasteiger partial charge in [-0.2, -0.15) is 0 Å². The summed E-state index contributed by atoms with van der Waals surface area (Å²) in [6.45, 7) is 14.3. The number of esters is 3. The van der Waals surface area contributed by atoms with Gasteiger partial charge < -0.3 is 28.4 Å². The van der Waals surface area contributed by atoms with Crippen LogP contribution in [0.3, 0.4) is 0 Å². The van der Waals surface area contributed by atoms with Gasteiger partial charge in [-0.05, 0) is 38.7 Å². The van der Waals surface area contributed by atoms with Crippen molar-refractivity contribution in [2.24, 2.45) is 11.8 Å². The van der Waals surface area contributed by atoms with Crippen molar-refractivity contribution in [2.45, 2.75) is 159 Å². The fourth-order valence-corrected chi connectivity index (χ4v) is 7.94. The normalized spacial score (nSPS) is 35.2. The van der Waals surface area contributed by atoms with Crippen molar-refractivity contribution < 1.29 is 42.8 Å². The predicted molar refractivity (Wildman–Crippen MR) is 171 cm³/mol. The number of carbonyl (C=O) groups excluding carboxylic acids is 3. The number of allylic oxidation sites excluding steroid dienone is 1. The Bertz CT molecular complexity index is 1220. The van der Waals surface area contributed by atoms with Crippen LogP contribution in [0.15, 0.2) is 36.0 Å². The van der Waals surface area contributed by atoms with Gasteiger partial charge in [0.1, 0.15) is 12.2 Å². The van der Waals surface area contributed by atoms with E-state index < -0.39 is 53.3 Å². The first-order chi connectivity index (χ1) is 22.0. The second-order valence-corrected chi connectivity index (χ2v) is 14.2. The molecule has 5 aliphatic rings. The number of rotatable bonds is 18. The Morgan fingerprint density at radius 1 is 0.913 bits per heavy atom. The molecular weight excluding hydrogens is 588 g/mol.